The van der Waals surface area contributed by atoms with Crippen molar-refractivity contribution in [2.24, 2.45) is 0 Å². The highest BCUT2D eigenvalue weighted by Crippen LogP contribution is 2.64. The van der Waals surface area contributed by atoms with E-state index in [1.807, 2.05) is 0 Å². The Kier molecular flexibility index (Phi) is 7.40. The third-order valence-electron chi connectivity index (χ3n) is 12.7. The molecular weight excluding hydrogens is 707 g/mol. The molecule has 3 heteroatoms. The van der Waals surface area contributed by atoms with E-state index in [-0.39, 0.29) is 12.2 Å². The van der Waals surface area contributed by atoms with Gasteiger partial charge in [0.1, 0.15) is 0 Å². The molecule has 0 radical (unpaired) electrons. The van der Waals surface area contributed by atoms with Gasteiger partial charge in [0, 0.05) is 11.4 Å². The van der Waals surface area contributed by atoms with E-state index in [1.165, 1.54) is 66.8 Å². The molecule has 5 aliphatic rings. The van der Waals surface area contributed by atoms with E-state index >= 15 is 0 Å². The monoisotopic (exact) mass is 745 g/mol. The van der Waals surface area contributed by atoms with Gasteiger partial charge in [0.2, 0.25) is 0 Å². The highest BCUT2D eigenvalue weighted by molar-refractivity contribution is 5.96. The highest BCUT2D eigenvalue weighted by atomic mass is 16.6. The molecule has 7 aromatic carbocycles. The fourth-order valence-electron chi connectivity index (χ4n) is 10.3. The van der Waals surface area contributed by atoms with Gasteiger partial charge >= 0.3 is 0 Å². The van der Waals surface area contributed by atoms with E-state index in [0.717, 1.165) is 41.4 Å². The molecule has 1 spiro atoms. The predicted molar refractivity (Wildman–Crippen MR) is 235 cm³/mol. The molecule has 58 heavy (non-hydrogen) atoms. The summed E-state index contributed by atoms with van der Waals surface area (Å²) in [6.45, 7) is 0. The van der Waals surface area contributed by atoms with Crippen LogP contribution in [0.15, 0.2) is 212 Å². The van der Waals surface area contributed by atoms with Crippen LogP contribution in [0.4, 0.5) is 11.4 Å². The molecular formula is C55H39NO2. The average Bonchev–Trinajstić information content (AvgIpc) is 3.75. The first-order valence-corrected chi connectivity index (χ1v) is 20.4. The maximum absolute atomic E-state index is 7.26. The standard InChI is InChI=1S/C55H39NO2/c1-3-16-36(17-4-1)40-20-7-8-21-41(40)37-30-32-39(33-31-37)56(38-18-5-2-6-19-38)50-28-15-29-51-54(50)58-53-35-49-45(34-52(53)57-51)44-24-11-14-27-48(44)55(49)46-25-12-9-22-42(46)43-23-10-13-26-47(43)55/h1-10,12-23,25-35,51,54H,11,24H2. The van der Waals surface area contributed by atoms with Crippen molar-refractivity contribution >= 4 is 16.9 Å². The van der Waals surface area contributed by atoms with E-state index in [4.69, 9.17) is 9.47 Å². The Bertz CT molecular complexity index is 2850. The minimum absolute atomic E-state index is 0.295. The van der Waals surface area contributed by atoms with Crippen LogP contribution in [0.25, 0.3) is 39.0 Å². The smallest absolute Gasteiger partial charge is 0.179 e. The van der Waals surface area contributed by atoms with Gasteiger partial charge in [0.25, 0.3) is 0 Å². The van der Waals surface area contributed by atoms with Crippen LogP contribution in [0, 0.1) is 0 Å². The number of anilines is 2. The van der Waals surface area contributed by atoms with Crippen molar-refractivity contribution in [3.8, 4) is 44.9 Å². The summed E-state index contributed by atoms with van der Waals surface area (Å²) in [5, 5.41) is 0. The van der Waals surface area contributed by atoms with Gasteiger partial charge in [-0.05, 0) is 128 Å². The lowest BCUT2D eigenvalue weighted by Gasteiger charge is -2.40. The average molecular weight is 746 g/mol. The van der Waals surface area contributed by atoms with Gasteiger partial charge in [-0.3, -0.25) is 0 Å². The molecule has 0 amide bonds. The van der Waals surface area contributed by atoms with Gasteiger partial charge < -0.3 is 14.4 Å². The largest absolute Gasteiger partial charge is 0.478 e. The number of allylic oxidation sites excluding steroid dienone is 6. The molecule has 4 aliphatic carbocycles. The van der Waals surface area contributed by atoms with Gasteiger partial charge in [-0.1, -0.05) is 152 Å². The predicted octanol–water partition coefficient (Wildman–Crippen LogP) is 13.3. The number of benzene rings is 7. The van der Waals surface area contributed by atoms with Crippen LogP contribution < -0.4 is 14.4 Å². The van der Waals surface area contributed by atoms with Crippen molar-refractivity contribution in [3.05, 3.63) is 234 Å². The molecule has 7 aromatic rings. The molecule has 0 N–H and O–H groups in total. The number of hydrogen-bond acceptors (Lipinski definition) is 3. The quantitative estimate of drug-likeness (QED) is 0.175. The third kappa shape index (κ3) is 4.80. The SMILES string of the molecule is C1=CC2Oc3cc4c(cc3OC2C(N(c2ccccc2)c2ccc(-c3ccccc3-c3ccccc3)cc2)=C1)C1(C2=C4CCC=C2)c2ccccc2-c2ccccc21. The second kappa shape index (κ2) is 13.0. The Balaban J connectivity index is 0.958. The van der Waals surface area contributed by atoms with E-state index in [9.17, 15) is 0 Å². The normalized spacial score (nSPS) is 18.5. The summed E-state index contributed by atoms with van der Waals surface area (Å²) >= 11 is 0. The first kappa shape index (κ1) is 33.1. The summed E-state index contributed by atoms with van der Waals surface area (Å²) in [7, 11) is 0. The number of ether oxygens (including phenoxy) is 2. The Hall–Kier alpha value is -7.10. The first-order valence-electron chi connectivity index (χ1n) is 20.4. The molecule has 2 unspecified atom stereocenters. The summed E-state index contributed by atoms with van der Waals surface area (Å²) in [6, 6.07) is 61.3. The van der Waals surface area contributed by atoms with Crippen LogP contribution >= 0.6 is 0 Å². The maximum Gasteiger partial charge on any atom is 0.179 e. The molecule has 0 bridgehead atoms. The van der Waals surface area contributed by atoms with Crippen molar-refractivity contribution in [1.82, 2.24) is 0 Å². The molecule has 0 aromatic heterocycles. The molecule has 12 rings (SSSR count). The number of para-hydroxylation sites is 1. The van der Waals surface area contributed by atoms with Crippen molar-refractivity contribution in [3.63, 3.8) is 0 Å². The Morgan fingerprint density at radius 1 is 0.517 bits per heavy atom. The van der Waals surface area contributed by atoms with Crippen molar-refractivity contribution in [1.29, 1.82) is 0 Å². The number of nitrogens with zero attached hydrogens (tertiary/aromatic N) is 1. The fraction of sp³-hybridized carbons (Fsp3) is 0.0909. The molecule has 0 saturated carbocycles. The molecule has 2 atom stereocenters. The molecule has 3 nitrogen and oxygen atoms in total. The summed E-state index contributed by atoms with van der Waals surface area (Å²) in [6.07, 6.45) is 12.5. The first-order chi connectivity index (χ1) is 28.8. The minimum atomic E-state index is -0.411. The number of rotatable bonds is 5. The minimum Gasteiger partial charge on any atom is -0.478 e. The fourth-order valence-corrected chi connectivity index (χ4v) is 10.3. The van der Waals surface area contributed by atoms with Crippen LogP contribution in [0.5, 0.6) is 11.5 Å². The zero-order valence-corrected chi connectivity index (χ0v) is 31.9. The summed E-state index contributed by atoms with van der Waals surface area (Å²) in [4.78, 5) is 2.33. The Morgan fingerprint density at radius 3 is 1.81 bits per heavy atom. The lowest BCUT2D eigenvalue weighted by molar-refractivity contribution is 0.0673. The van der Waals surface area contributed by atoms with Crippen LogP contribution in [-0.4, -0.2) is 12.2 Å². The van der Waals surface area contributed by atoms with E-state index in [1.54, 1.807) is 0 Å². The molecule has 276 valence electrons. The van der Waals surface area contributed by atoms with Crippen LogP contribution in [0.1, 0.15) is 35.1 Å². The van der Waals surface area contributed by atoms with Crippen molar-refractivity contribution in [2.45, 2.75) is 30.5 Å². The van der Waals surface area contributed by atoms with E-state index in [2.05, 4.69) is 205 Å². The van der Waals surface area contributed by atoms with E-state index in [0.29, 0.717) is 0 Å². The molecule has 0 fully saturated rings. The van der Waals surface area contributed by atoms with Gasteiger partial charge in [0.15, 0.2) is 23.7 Å². The van der Waals surface area contributed by atoms with Gasteiger partial charge in [-0.25, -0.2) is 0 Å². The highest BCUT2D eigenvalue weighted by Gasteiger charge is 2.53. The van der Waals surface area contributed by atoms with Crippen LogP contribution in [0.2, 0.25) is 0 Å². The second-order valence-corrected chi connectivity index (χ2v) is 15.7. The summed E-state index contributed by atoms with van der Waals surface area (Å²) in [5.74, 6) is 1.59. The summed E-state index contributed by atoms with van der Waals surface area (Å²) < 4.78 is 14.3. The lowest BCUT2D eigenvalue weighted by atomic mass is 9.69. The summed E-state index contributed by atoms with van der Waals surface area (Å²) in [5.41, 5.74) is 18.2. The van der Waals surface area contributed by atoms with Gasteiger partial charge in [0.05, 0.1) is 11.1 Å². The Labute approximate surface area is 339 Å². The second-order valence-electron chi connectivity index (χ2n) is 15.7. The number of hydrogen-bond donors (Lipinski definition) is 0. The molecule has 0 saturated heterocycles. The lowest BCUT2D eigenvalue weighted by Crippen LogP contribution is -2.45. The van der Waals surface area contributed by atoms with Gasteiger partial charge in [-0.2, -0.15) is 0 Å². The third-order valence-corrected chi connectivity index (χ3v) is 12.7. The molecule has 1 aliphatic heterocycles. The zero-order valence-electron chi connectivity index (χ0n) is 31.9. The Morgan fingerprint density at radius 2 is 1.10 bits per heavy atom. The van der Waals surface area contributed by atoms with Crippen molar-refractivity contribution < 1.29 is 9.47 Å². The van der Waals surface area contributed by atoms with E-state index < -0.39 is 5.41 Å². The van der Waals surface area contributed by atoms with Gasteiger partial charge in [-0.15, -0.1) is 0 Å². The van der Waals surface area contributed by atoms with Crippen LogP contribution in [-0.2, 0) is 5.41 Å². The maximum atomic E-state index is 7.26. The molecule has 1 heterocycles. The zero-order chi connectivity index (χ0) is 38.2. The number of fused-ring (bicyclic) bond motifs is 11. The van der Waals surface area contributed by atoms with Crippen LogP contribution in [0.3, 0.4) is 0 Å². The topological polar surface area (TPSA) is 21.7 Å². The van der Waals surface area contributed by atoms with Crippen molar-refractivity contribution in [2.75, 3.05) is 4.90 Å².